The Balaban J connectivity index is 0.918. The Morgan fingerprint density at radius 2 is 1.88 bits per heavy atom. The van der Waals surface area contributed by atoms with Crippen LogP contribution in [0.4, 0.5) is 14.5 Å². The maximum absolute atomic E-state index is 16.1. The minimum atomic E-state index is -2.98. The number of rotatable bonds is 8. The van der Waals surface area contributed by atoms with E-state index in [2.05, 4.69) is 20.7 Å². The molecular weight excluding hydrogens is 733 g/mol. The minimum Gasteiger partial charge on any atom is -0.386 e. The lowest BCUT2D eigenvalue weighted by atomic mass is 9.82. The molecule has 296 valence electrons. The fourth-order valence-corrected chi connectivity index (χ4v) is 9.10. The number of para-hydroxylation sites is 1. The van der Waals surface area contributed by atoms with Crippen LogP contribution >= 0.6 is 0 Å². The third-order valence-corrected chi connectivity index (χ3v) is 12.0. The molecule has 5 aromatic rings. The molecule has 57 heavy (non-hydrogen) atoms. The first-order valence-corrected chi connectivity index (χ1v) is 19.5. The van der Waals surface area contributed by atoms with Gasteiger partial charge in [-0.1, -0.05) is 18.2 Å². The fraction of sp³-hybridized carbons (Fsp3) is 0.452. The maximum Gasteiger partial charge on any atom is 0.267 e. The molecule has 8 rings (SSSR count). The number of pyridine rings is 1. The first kappa shape index (κ1) is 38.3. The average molecular weight is 778 g/mol. The molecule has 0 spiro atoms. The molecule has 3 N–H and O–H groups in total. The van der Waals surface area contributed by atoms with Gasteiger partial charge in [-0.3, -0.25) is 38.9 Å². The summed E-state index contributed by atoms with van der Waals surface area (Å²) in [7, 11) is 1.72. The highest BCUT2D eigenvalue weighted by atomic mass is 19.3. The van der Waals surface area contributed by atoms with Crippen LogP contribution in [0.3, 0.4) is 0 Å². The second kappa shape index (κ2) is 14.7. The number of aliphatic hydroxyl groups is 1. The Kier molecular flexibility index (Phi) is 9.89. The van der Waals surface area contributed by atoms with Gasteiger partial charge in [0, 0.05) is 60.6 Å². The van der Waals surface area contributed by atoms with Gasteiger partial charge in [0.2, 0.25) is 11.8 Å². The van der Waals surface area contributed by atoms with Crippen molar-refractivity contribution in [1.82, 2.24) is 34.8 Å². The normalized spacial score (nSPS) is 23.0. The van der Waals surface area contributed by atoms with Gasteiger partial charge in [-0.25, -0.2) is 8.78 Å². The number of aromatic nitrogens is 5. The summed E-state index contributed by atoms with van der Waals surface area (Å²) in [6.07, 6.45) is 8.97. The molecule has 0 radical (unpaired) electrons. The number of carbonyl (C=O) groups excluding carboxylic acids is 3. The number of hydrogen-bond acceptors (Lipinski definition) is 9. The summed E-state index contributed by atoms with van der Waals surface area (Å²) < 4.78 is 35.9. The van der Waals surface area contributed by atoms with Gasteiger partial charge in [0.05, 0.1) is 57.9 Å². The first-order valence-electron chi connectivity index (χ1n) is 19.5. The number of anilines is 1. The largest absolute Gasteiger partial charge is 0.386 e. The summed E-state index contributed by atoms with van der Waals surface area (Å²) in [5.74, 6) is -5.48. The van der Waals surface area contributed by atoms with E-state index in [9.17, 15) is 24.8 Å². The quantitative estimate of drug-likeness (QED) is 0.159. The second-order valence-corrected chi connectivity index (χ2v) is 16.4. The number of amides is 3. The second-order valence-electron chi connectivity index (χ2n) is 16.4. The zero-order valence-corrected chi connectivity index (χ0v) is 32.1. The van der Waals surface area contributed by atoms with Crippen molar-refractivity contribution in [2.75, 3.05) is 25.0 Å². The SMILES string of the molecule is Cn1nc(C2CCC(=O)NC2=O)c2cccc([C@H]3CCN(CC4CCC(n5cc6cc(NC(=O)c7cncc(C#N)c7)c(C(C)(C)O)cc6n5)CC4)CC3(F)F)c21. The molecular formula is C42H45F2N9O4. The molecule has 2 atom stereocenters. The fourth-order valence-electron chi connectivity index (χ4n) is 9.10. The number of imide groups is 1. The van der Waals surface area contributed by atoms with E-state index in [4.69, 9.17) is 5.10 Å². The first-order chi connectivity index (χ1) is 27.2. The highest BCUT2D eigenvalue weighted by Gasteiger charge is 2.47. The molecule has 2 aromatic carbocycles. The van der Waals surface area contributed by atoms with Crippen LogP contribution in [-0.4, -0.2) is 77.8 Å². The number of halogens is 2. The van der Waals surface area contributed by atoms with Gasteiger partial charge in [0.25, 0.3) is 11.8 Å². The third-order valence-electron chi connectivity index (χ3n) is 12.0. The molecule has 1 unspecified atom stereocenters. The molecule has 2 saturated heterocycles. The topological polar surface area (TPSA) is 171 Å². The zero-order chi connectivity index (χ0) is 40.2. The van der Waals surface area contributed by atoms with E-state index < -0.39 is 35.2 Å². The summed E-state index contributed by atoms with van der Waals surface area (Å²) >= 11 is 0. The highest BCUT2D eigenvalue weighted by Crippen LogP contribution is 2.45. The van der Waals surface area contributed by atoms with E-state index in [0.29, 0.717) is 64.9 Å². The van der Waals surface area contributed by atoms with E-state index in [1.807, 2.05) is 27.9 Å². The van der Waals surface area contributed by atoms with E-state index in [1.165, 1.54) is 18.5 Å². The van der Waals surface area contributed by atoms with Crippen molar-refractivity contribution >= 4 is 45.2 Å². The molecule has 3 fully saturated rings. The Hall–Kier alpha value is -5.59. The van der Waals surface area contributed by atoms with Crippen molar-refractivity contribution in [2.45, 2.75) is 88.2 Å². The Labute approximate surface area is 328 Å². The molecule has 5 heterocycles. The number of alkyl halides is 2. The minimum absolute atomic E-state index is 0.119. The van der Waals surface area contributed by atoms with Crippen LogP contribution in [0.15, 0.2) is 55.0 Å². The molecule has 15 heteroatoms. The number of nitrogens with one attached hydrogen (secondary N) is 2. The number of fused-ring (bicyclic) bond motifs is 2. The molecule has 1 aliphatic carbocycles. The average Bonchev–Trinajstić information content (AvgIpc) is 3.74. The number of nitrogens with zero attached hydrogens (tertiary/aromatic N) is 7. The number of benzene rings is 2. The summed E-state index contributed by atoms with van der Waals surface area (Å²) in [5, 5.41) is 36.5. The van der Waals surface area contributed by atoms with Gasteiger partial charge in [-0.05, 0) is 88.6 Å². The van der Waals surface area contributed by atoms with Crippen LogP contribution in [-0.2, 0) is 22.2 Å². The van der Waals surface area contributed by atoms with Gasteiger partial charge in [-0.2, -0.15) is 15.5 Å². The smallest absolute Gasteiger partial charge is 0.267 e. The van der Waals surface area contributed by atoms with Crippen molar-refractivity contribution in [3.8, 4) is 6.07 Å². The van der Waals surface area contributed by atoms with Crippen molar-refractivity contribution < 1.29 is 28.3 Å². The van der Waals surface area contributed by atoms with Gasteiger partial charge < -0.3 is 10.4 Å². The van der Waals surface area contributed by atoms with E-state index in [-0.39, 0.29) is 42.0 Å². The van der Waals surface area contributed by atoms with Crippen molar-refractivity contribution in [3.05, 3.63) is 82.9 Å². The Bertz CT molecular complexity index is 2440. The third kappa shape index (κ3) is 7.51. The molecule has 13 nitrogen and oxygen atoms in total. The standard InChI is InChI=1S/C42H45F2N9O4/c1-41(2,57)33-17-34-27(16-35(33)47-39(55)26-15-25(18-45)19-46-20-26)22-53(49-34)28-9-7-24(8-10-28)21-52-14-13-32(42(43,44)23-52)29-5-4-6-30-37(50-51(3)38(29)30)31-11-12-36(54)48-40(31)56/h4-6,15-17,19-20,22,24,28,31-32,57H,7-14,21,23H2,1-3H3,(H,47,55)(H,48,54,56)/t24?,28?,31?,32-/m1/s1. The van der Waals surface area contributed by atoms with E-state index >= 15 is 8.78 Å². The lowest BCUT2D eigenvalue weighted by Crippen LogP contribution is -2.49. The number of carbonyl (C=O) groups is 3. The molecule has 1 saturated carbocycles. The zero-order valence-electron chi connectivity index (χ0n) is 32.1. The van der Waals surface area contributed by atoms with Crippen molar-refractivity contribution in [3.63, 3.8) is 0 Å². The number of aryl methyl sites for hydroxylation is 1. The van der Waals surface area contributed by atoms with Gasteiger partial charge in [-0.15, -0.1) is 0 Å². The number of nitriles is 1. The highest BCUT2D eigenvalue weighted by molar-refractivity contribution is 6.06. The van der Waals surface area contributed by atoms with Crippen LogP contribution in [0.5, 0.6) is 0 Å². The van der Waals surface area contributed by atoms with Crippen LogP contribution < -0.4 is 10.6 Å². The number of hydrogen-bond donors (Lipinski definition) is 3. The van der Waals surface area contributed by atoms with Crippen LogP contribution in [0, 0.1) is 17.2 Å². The maximum atomic E-state index is 16.1. The van der Waals surface area contributed by atoms with Gasteiger partial charge in [0.1, 0.15) is 6.07 Å². The van der Waals surface area contributed by atoms with E-state index in [1.54, 1.807) is 49.8 Å². The molecule has 3 amide bonds. The number of piperidine rings is 2. The summed E-state index contributed by atoms with van der Waals surface area (Å²) in [6, 6.07) is 12.5. The van der Waals surface area contributed by atoms with Crippen molar-refractivity contribution in [1.29, 1.82) is 5.26 Å². The number of likely N-dealkylation sites (tertiary alicyclic amines) is 1. The van der Waals surface area contributed by atoms with E-state index in [0.717, 1.165) is 31.1 Å². The lowest BCUT2D eigenvalue weighted by molar-refractivity contribution is -0.134. The Morgan fingerprint density at radius 3 is 2.60 bits per heavy atom. The van der Waals surface area contributed by atoms with Gasteiger partial charge >= 0.3 is 0 Å². The predicted molar refractivity (Wildman–Crippen MR) is 207 cm³/mol. The van der Waals surface area contributed by atoms with Crippen LogP contribution in [0.25, 0.3) is 21.8 Å². The molecule has 2 aliphatic heterocycles. The van der Waals surface area contributed by atoms with Crippen LogP contribution in [0.1, 0.15) is 109 Å². The monoisotopic (exact) mass is 777 g/mol. The molecule has 0 bridgehead atoms. The van der Waals surface area contributed by atoms with Crippen LogP contribution in [0.2, 0.25) is 0 Å². The van der Waals surface area contributed by atoms with Gasteiger partial charge in [0.15, 0.2) is 0 Å². The molecule has 3 aromatic heterocycles. The Morgan fingerprint density at radius 1 is 1.09 bits per heavy atom. The summed E-state index contributed by atoms with van der Waals surface area (Å²) in [6.45, 7) is 4.08. The lowest BCUT2D eigenvalue weighted by Gasteiger charge is -2.41. The van der Waals surface area contributed by atoms with Crippen molar-refractivity contribution in [2.24, 2.45) is 13.0 Å². The summed E-state index contributed by atoms with van der Waals surface area (Å²) in [4.78, 5) is 43.4. The molecule has 3 aliphatic rings. The summed E-state index contributed by atoms with van der Waals surface area (Å²) in [5.41, 5.74) is 2.46. The predicted octanol–water partition coefficient (Wildman–Crippen LogP) is 6.05.